The molecule has 0 fully saturated rings. The average molecular weight is 283 g/mol. The van der Waals surface area contributed by atoms with Crippen molar-refractivity contribution in [3.05, 3.63) is 29.3 Å². The molecule has 1 atom stereocenters. The van der Waals surface area contributed by atoms with Gasteiger partial charge in [-0.1, -0.05) is 13.0 Å². The maximum atomic E-state index is 12.2. The highest BCUT2D eigenvalue weighted by atomic mass is 32.2. The van der Waals surface area contributed by atoms with Gasteiger partial charge >= 0.3 is 0 Å². The zero-order valence-corrected chi connectivity index (χ0v) is 12.3. The number of aryl methyl sites for hydroxylation is 2. The second-order valence-electron chi connectivity index (χ2n) is 4.70. The Morgan fingerprint density at radius 1 is 1.37 bits per heavy atom. The van der Waals surface area contributed by atoms with Crippen LogP contribution in [0.4, 0.5) is 0 Å². The van der Waals surface area contributed by atoms with E-state index >= 15 is 0 Å². The van der Waals surface area contributed by atoms with E-state index in [1.165, 1.54) is 0 Å². The van der Waals surface area contributed by atoms with Crippen molar-refractivity contribution in [3.8, 4) is 0 Å². The van der Waals surface area contributed by atoms with Crippen LogP contribution in [0.5, 0.6) is 0 Å². The van der Waals surface area contributed by atoms with Crippen molar-refractivity contribution in [3.63, 3.8) is 0 Å². The molecule has 0 aromatic heterocycles. The molecule has 0 radical (unpaired) electrons. The first-order chi connectivity index (χ1) is 8.76. The van der Waals surface area contributed by atoms with Gasteiger partial charge in [-0.25, -0.2) is 13.1 Å². The minimum Gasteiger partial charge on any atom is -0.388 e. The Morgan fingerprint density at radius 2 is 2.00 bits per heavy atom. The Hall–Kier alpha value is -1.40. The normalized spacial score (nSPS) is 13.2. The molecule has 5 nitrogen and oxygen atoms in total. The highest BCUT2D eigenvalue weighted by Gasteiger charge is 2.19. The van der Waals surface area contributed by atoms with Gasteiger partial charge in [0.05, 0.1) is 10.7 Å². The van der Waals surface area contributed by atoms with Crippen molar-refractivity contribution in [1.82, 2.24) is 4.72 Å². The lowest BCUT2D eigenvalue weighted by Gasteiger charge is -2.16. The molecule has 6 heteroatoms. The summed E-state index contributed by atoms with van der Waals surface area (Å²) < 4.78 is 27.0. The highest BCUT2D eigenvalue weighted by Crippen LogP contribution is 2.15. The van der Waals surface area contributed by atoms with Crippen LogP contribution in [0, 0.1) is 19.3 Å². The van der Waals surface area contributed by atoms with E-state index in [-0.39, 0.29) is 23.2 Å². The fourth-order valence-corrected chi connectivity index (χ4v) is 3.11. The number of nitrogens with two attached hydrogens (primary N) is 1. The van der Waals surface area contributed by atoms with Gasteiger partial charge in [-0.15, -0.1) is 0 Å². The Bertz CT molecular complexity index is 567. The summed E-state index contributed by atoms with van der Waals surface area (Å²) in [7, 11) is -3.56. The first kappa shape index (κ1) is 15.7. The van der Waals surface area contributed by atoms with Crippen molar-refractivity contribution in [1.29, 1.82) is 5.41 Å². The summed E-state index contributed by atoms with van der Waals surface area (Å²) in [6, 6.07) is 4.68. The van der Waals surface area contributed by atoms with Crippen LogP contribution in [0.2, 0.25) is 0 Å². The summed E-state index contributed by atoms with van der Waals surface area (Å²) in [4.78, 5) is 0.248. The van der Waals surface area contributed by atoms with Gasteiger partial charge in [0.15, 0.2) is 0 Å². The zero-order chi connectivity index (χ0) is 14.6. The maximum absolute atomic E-state index is 12.2. The third-order valence-corrected chi connectivity index (χ3v) is 4.59. The van der Waals surface area contributed by atoms with Crippen molar-refractivity contribution < 1.29 is 8.42 Å². The molecule has 0 saturated carbocycles. The Balaban J connectivity index is 2.96. The van der Waals surface area contributed by atoms with Gasteiger partial charge < -0.3 is 5.73 Å². The third-order valence-electron chi connectivity index (χ3n) is 3.07. The van der Waals surface area contributed by atoms with E-state index in [1.54, 1.807) is 18.2 Å². The second kappa shape index (κ2) is 6.16. The molecule has 1 aromatic carbocycles. The topological polar surface area (TPSA) is 96.0 Å². The lowest BCUT2D eigenvalue weighted by molar-refractivity contribution is 0.545. The van der Waals surface area contributed by atoms with Gasteiger partial charge in [-0.05, 0) is 43.5 Å². The maximum Gasteiger partial charge on any atom is 0.240 e. The van der Waals surface area contributed by atoms with Crippen LogP contribution in [-0.2, 0) is 10.0 Å². The lowest BCUT2D eigenvalue weighted by Crippen LogP contribution is -2.37. The Morgan fingerprint density at radius 3 is 2.47 bits per heavy atom. The van der Waals surface area contributed by atoms with Crippen LogP contribution in [-0.4, -0.2) is 20.3 Å². The van der Waals surface area contributed by atoms with Crippen LogP contribution in [0.3, 0.4) is 0 Å². The minimum absolute atomic E-state index is 0.0189. The van der Waals surface area contributed by atoms with Gasteiger partial charge in [0.25, 0.3) is 0 Å². The quantitative estimate of drug-likeness (QED) is 0.547. The van der Waals surface area contributed by atoms with E-state index in [4.69, 9.17) is 11.1 Å². The molecule has 1 unspecified atom stereocenters. The lowest BCUT2D eigenvalue weighted by atomic mass is 10.1. The molecular weight excluding hydrogens is 262 g/mol. The number of sulfonamides is 1. The number of benzene rings is 1. The van der Waals surface area contributed by atoms with Gasteiger partial charge in [0, 0.05) is 12.5 Å². The summed E-state index contributed by atoms with van der Waals surface area (Å²) in [5, 5.41) is 7.25. The molecule has 0 aliphatic carbocycles. The van der Waals surface area contributed by atoms with Gasteiger partial charge in [0.2, 0.25) is 10.0 Å². The smallest absolute Gasteiger partial charge is 0.240 e. The zero-order valence-electron chi connectivity index (χ0n) is 11.5. The molecule has 1 rings (SSSR count). The number of amidine groups is 1. The monoisotopic (exact) mass is 283 g/mol. The molecule has 106 valence electrons. The first-order valence-electron chi connectivity index (χ1n) is 6.18. The van der Waals surface area contributed by atoms with E-state index < -0.39 is 10.0 Å². The number of hydrogen-bond acceptors (Lipinski definition) is 3. The van der Waals surface area contributed by atoms with E-state index in [2.05, 4.69) is 4.72 Å². The average Bonchev–Trinajstić information content (AvgIpc) is 2.30. The van der Waals surface area contributed by atoms with E-state index in [0.717, 1.165) is 11.1 Å². The number of hydrogen-bond donors (Lipinski definition) is 3. The first-order valence-corrected chi connectivity index (χ1v) is 7.67. The molecular formula is C13H21N3O2S. The van der Waals surface area contributed by atoms with E-state index in [0.29, 0.717) is 6.42 Å². The molecule has 0 spiro atoms. The summed E-state index contributed by atoms with van der Waals surface area (Å²) in [6.45, 7) is 5.67. The number of nitrogens with one attached hydrogen (secondary N) is 2. The standard InChI is InChI=1S/C13H21N3O2S/c1-4-11(8-13(14)15)16-19(17,18)12-6-5-9(2)10(3)7-12/h5-7,11,16H,4,8H2,1-3H3,(H3,14,15). The second-order valence-corrected chi connectivity index (χ2v) is 6.42. The van der Waals surface area contributed by atoms with Crippen LogP contribution in [0.15, 0.2) is 23.1 Å². The van der Waals surface area contributed by atoms with Crippen LogP contribution >= 0.6 is 0 Å². The van der Waals surface area contributed by atoms with Crippen LogP contribution in [0.25, 0.3) is 0 Å². The van der Waals surface area contributed by atoms with Gasteiger partial charge in [-0.3, -0.25) is 5.41 Å². The SMILES string of the molecule is CCC(CC(=N)N)NS(=O)(=O)c1ccc(C)c(C)c1. The number of rotatable bonds is 6. The molecule has 1 aromatic rings. The Kier molecular flexibility index (Phi) is 5.08. The molecule has 0 bridgehead atoms. The molecule has 0 amide bonds. The highest BCUT2D eigenvalue weighted by molar-refractivity contribution is 7.89. The molecule has 0 heterocycles. The Labute approximate surface area is 114 Å². The van der Waals surface area contributed by atoms with E-state index in [1.807, 2.05) is 20.8 Å². The summed E-state index contributed by atoms with van der Waals surface area (Å²) in [5.41, 5.74) is 7.30. The van der Waals surface area contributed by atoms with Crippen LogP contribution in [0.1, 0.15) is 30.9 Å². The molecule has 0 aliphatic rings. The predicted octanol–water partition coefficient (Wildman–Crippen LogP) is 1.69. The third kappa shape index (κ3) is 4.33. The van der Waals surface area contributed by atoms with Crippen molar-refractivity contribution in [2.45, 2.75) is 44.6 Å². The van der Waals surface area contributed by atoms with Crippen LogP contribution < -0.4 is 10.5 Å². The fraction of sp³-hybridized carbons (Fsp3) is 0.462. The van der Waals surface area contributed by atoms with E-state index in [9.17, 15) is 8.42 Å². The summed E-state index contributed by atoms with van der Waals surface area (Å²) in [6.07, 6.45) is 0.810. The predicted molar refractivity (Wildman–Crippen MR) is 76.8 cm³/mol. The molecule has 4 N–H and O–H groups in total. The molecule has 19 heavy (non-hydrogen) atoms. The molecule has 0 aliphatic heterocycles. The van der Waals surface area contributed by atoms with Crippen molar-refractivity contribution in [2.24, 2.45) is 5.73 Å². The fourth-order valence-electron chi connectivity index (χ4n) is 1.70. The van der Waals surface area contributed by atoms with Crippen molar-refractivity contribution in [2.75, 3.05) is 0 Å². The van der Waals surface area contributed by atoms with Crippen molar-refractivity contribution >= 4 is 15.9 Å². The molecule has 0 saturated heterocycles. The van der Waals surface area contributed by atoms with Gasteiger partial charge in [0.1, 0.15) is 0 Å². The summed E-state index contributed by atoms with van der Waals surface area (Å²) in [5.74, 6) is -0.0189. The van der Waals surface area contributed by atoms with Gasteiger partial charge in [-0.2, -0.15) is 0 Å². The largest absolute Gasteiger partial charge is 0.388 e. The minimum atomic E-state index is -3.56. The summed E-state index contributed by atoms with van der Waals surface area (Å²) >= 11 is 0.